The lowest BCUT2D eigenvalue weighted by molar-refractivity contribution is -0.117. The summed E-state index contributed by atoms with van der Waals surface area (Å²) in [6, 6.07) is 8.20. The van der Waals surface area contributed by atoms with Crippen LogP contribution in [0, 0.1) is 30.1 Å². The fourth-order valence-electron chi connectivity index (χ4n) is 3.63. The molecular formula is C23H24N6O. The molecule has 7 nitrogen and oxygen atoms in total. The van der Waals surface area contributed by atoms with E-state index in [1.807, 2.05) is 30.6 Å². The Morgan fingerprint density at radius 1 is 1.27 bits per heavy atom. The monoisotopic (exact) mass is 400 g/mol. The number of nitrogen functional groups attached to an aromatic ring is 1. The van der Waals surface area contributed by atoms with Crippen molar-refractivity contribution in [2.45, 2.75) is 33.2 Å². The SMILES string of the molecule is Cc1c(NC(C)C)cncc1-c1cc(N)c2cnc(NC(=O)[C@H]3CC3C#N)cc2c1. The molecule has 1 aliphatic rings. The molecule has 2 atom stereocenters. The lowest BCUT2D eigenvalue weighted by atomic mass is 9.98. The number of nitrogens with zero attached hydrogens (tertiary/aromatic N) is 3. The molecule has 2 heterocycles. The molecule has 30 heavy (non-hydrogen) atoms. The molecule has 1 saturated carbocycles. The van der Waals surface area contributed by atoms with E-state index in [9.17, 15) is 4.79 Å². The van der Waals surface area contributed by atoms with E-state index in [4.69, 9.17) is 11.0 Å². The second-order valence-corrected chi connectivity index (χ2v) is 8.08. The van der Waals surface area contributed by atoms with Crippen molar-refractivity contribution in [3.8, 4) is 17.2 Å². The van der Waals surface area contributed by atoms with E-state index >= 15 is 0 Å². The second kappa shape index (κ2) is 7.64. The highest BCUT2D eigenvalue weighted by atomic mass is 16.2. The molecule has 1 amide bonds. The number of hydrogen-bond donors (Lipinski definition) is 3. The normalized spacial score (nSPS) is 17.6. The minimum atomic E-state index is -0.242. The smallest absolute Gasteiger partial charge is 0.230 e. The average molecular weight is 400 g/mol. The van der Waals surface area contributed by atoms with Crippen LogP contribution in [0.25, 0.3) is 21.9 Å². The number of benzene rings is 1. The third kappa shape index (κ3) is 3.77. The van der Waals surface area contributed by atoms with Crippen LogP contribution in [0.15, 0.2) is 36.8 Å². The molecule has 1 unspecified atom stereocenters. The molecule has 0 saturated heterocycles. The Morgan fingerprint density at radius 2 is 2.07 bits per heavy atom. The molecule has 7 heteroatoms. The van der Waals surface area contributed by atoms with E-state index in [1.165, 1.54) is 0 Å². The maximum atomic E-state index is 12.3. The first-order chi connectivity index (χ1) is 14.4. The summed E-state index contributed by atoms with van der Waals surface area (Å²) in [7, 11) is 0. The molecule has 0 radical (unpaired) electrons. The number of aromatic nitrogens is 2. The van der Waals surface area contributed by atoms with Crippen LogP contribution in [0.3, 0.4) is 0 Å². The number of pyridine rings is 2. The van der Waals surface area contributed by atoms with Crippen LogP contribution >= 0.6 is 0 Å². The maximum Gasteiger partial charge on any atom is 0.230 e. The second-order valence-electron chi connectivity index (χ2n) is 8.08. The number of rotatable bonds is 5. The van der Waals surface area contributed by atoms with Gasteiger partial charge in [0.05, 0.1) is 29.8 Å². The molecule has 1 aliphatic carbocycles. The third-order valence-corrected chi connectivity index (χ3v) is 5.38. The van der Waals surface area contributed by atoms with E-state index in [0.717, 1.165) is 33.2 Å². The van der Waals surface area contributed by atoms with E-state index in [-0.39, 0.29) is 17.7 Å². The summed E-state index contributed by atoms with van der Waals surface area (Å²) in [4.78, 5) is 21.0. The van der Waals surface area contributed by atoms with Crippen molar-refractivity contribution in [3.05, 3.63) is 42.4 Å². The van der Waals surface area contributed by atoms with Gasteiger partial charge in [-0.1, -0.05) is 0 Å². The van der Waals surface area contributed by atoms with Crippen LogP contribution < -0.4 is 16.4 Å². The van der Waals surface area contributed by atoms with E-state index < -0.39 is 0 Å². The fraction of sp³-hybridized carbons (Fsp3) is 0.304. The minimum absolute atomic E-state index is 0.162. The Kier molecular flexibility index (Phi) is 5.00. The largest absolute Gasteiger partial charge is 0.398 e. The summed E-state index contributed by atoms with van der Waals surface area (Å²) >= 11 is 0. The van der Waals surface area contributed by atoms with Crippen LogP contribution in [0.2, 0.25) is 0 Å². The predicted octanol–water partition coefficient (Wildman–Crippen LogP) is 4.11. The highest BCUT2D eigenvalue weighted by Gasteiger charge is 2.43. The molecule has 1 fully saturated rings. The molecule has 0 spiro atoms. The molecule has 4 N–H and O–H groups in total. The van der Waals surface area contributed by atoms with Crippen molar-refractivity contribution in [3.63, 3.8) is 0 Å². The van der Waals surface area contributed by atoms with E-state index in [2.05, 4.69) is 47.4 Å². The van der Waals surface area contributed by atoms with E-state index in [1.54, 1.807) is 6.20 Å². The van der Waals surface area contributed by atoms with Gasteiger partial charge in [-0.3, -0.25) is 9.78 Å². The van der Waals surface area contributed by atoms with Gasteiger partial charge < -0.3 is 16.4 Å². The Labute approximate surface area is 175 Å². The third-order valence-electron chi connectivity index (χ3n) is 5.38. The first-order valence-corrected chi connectivity index (χ1v) is 9.98. The zero-order valence-corrected chi connectivity index (χ0v) is 17.2. The zero-order chi connectivity index (χ0) is 21.4. The number of nitrogens with two attached hydrogens (primary N) is 1. The predicted molar refractivity (Wildman–Crippen MR) is 119 cm³/mol. The Bertz CT molecular complexity index is 1180. The fourth-order valence-corrected chi connectivity index (χ4v) is 3.63. The van der Waals surface area contributed by atoms with Crippen molar-refractivity contribution in [2.24, 2.45) is 11.8 Å². The van der Waals surface area contributed by atoms with Gasteiger partial charge in [0.15, 0.2) is 0 Å². The van der Waals surface area contributed by atoms with Crippen LogP contribution in [0.1, 0.15) is 25.8 Å². The highest BCUT2D eigenvalue weighted by Crippen LogP contribution is 2.39. The molecule has 3 aromatic rings. The van der Waals surface area contributed by atoms with Crippen molar-refractivity contribution in [1.29, 1.82) is 5.26 Å². The summed E-state index contributed by atoms with van der Waals surface area (Å²) in [5, 5.41) is 16.9. The number of nitrogens with one attached hydrogen (secondary N) is 2. The zero-order valence-electron chi connectivity index (χ0n) is 17.2. The lowest BCUT2D eigenvalue weighted by Gasteiger charge is -2.16. The first-order valence-electron chi connectivity index (χ1n) is 9.98. The lowest BCUT2D eigenvalue weighted by Crippen LogP contribution is -2.15. The van der Waals surface area contributed by atoms with Gasteiger partial charge in [-0.25, -0.2) is 4.98 Å². The van der Waals surface area contributed by atoms with Gasteiger partial charge in [-0.15, -0.1) is 0 Å². The van der Waals surface area contributed by atoms with E-state index in [0.29, 0.717) is 24.0 Å². The topological polar surface area (TPSA) is 117 Å². The van der Waals surface area contributed by atoms with Crippen molar-refractivity contribution in [2.75, 3.05) is 16.4 Å². The Morgan fingerprint density at radius 3 is 2.77 bits per heavy atom. The number of amides is 1. The highest BCUT2D eigenvalue weighted by molar-refractivity contribution is 6.00. The number of anilines is 3. The average Bonchev–Trinajstić information content (AvgIpc) is 3.49. The van der Waals surface area contributed by atoms with Crippen LogP contribution in [0.5, 0.6) is 0 Å². The number of fused-ring (bicyclic) bond motifs is 1. The number of carbonyl (C=O) groups excluding carboxylic acids is 1. The molecule has 1 aromatic carbocycles. The summed E-state index contributed by atoms with van der Waals surface area (Å²) in [6.07, 6.45) is 5.94. The molecule has 152 valence electrons. The van der Waals surface area contributed by atoms with Crippen LogP contribution in [-0.2, 0) is 4.79 Å². The van der Waals surface area contributed by atoms with Crippen LogP contribution in [0.4, 0.5) is 17.2 Å². The maximum absolute atomic E-state index is 12.3. The Hall–Kier alpha value is -3.66. The standard InChI is InChI=1S/C23H24N6O/c1-12(2)28-21-11-26-9-18(13(21)3)14-4-15-7-22(27-10-19(15)20(25)6-14)29-23(30)17-5-16(17)8-24/h4,6-7,9-12,16-17,28H,5,25H2,1-3H3,(H,27,29,30)/t16?,17-/m0/s1. The van der Waals surface area contributed by atoms with Gasteiger partial charge in [-0.05, 0) is 61.9 Å². The van der Waals surface area contributed by atoms with Gasteiger partial charge in [0.2, 0.25) is 5.91 Å². The van der Waals surface area contributed by atoms with Gasteiger partial charge in [0, 0.05) is 35.1 Å². The molecule has 0 bridgehead atoms. The minimum Gasteiger partial charge on any atom is -0.398 e. The first kappa shape index (κ1) is 19.6. The van der Waals surface area contributed by atoms with Crippen molar-refractivity contribution in [1.82, 2.24) is 9.97 Å². The van der Waals surface area contributed by atoms with Gasteiger partial charge in [0.25, 0.3) is 0 Å². The molecular weight excluding hydrogens is 376 g/mol. The molecule has 0 aliphatic heterocycles. The molecule has 4 rings (SSSR count). The van der Waals surface area contributed by atoms with Gasteiger partial charge in [-0.2, -0.15) is 5.26 Å². The quantitative estimate of drug-likeness (QED) is 0.555. The summed E-state index contributed by atoms with van der Waals surface area (Å²) in [5.74, 6) is -0.133. The number of carbonyl (C=O) groups is 1. The van der Waals surface area contributed by atoms with Crippen molar-refractivity contribution >= 4 is 33.9 Å². The summed E-state index contributed by atoms with van der Waals surface area (Å²) in [6.45, 7) is 6.23. The number of hydrogen-bond acceptors (Lipinski definition) is 6. The van der Waals surface area contributed by atoms with Crippen LogP contribution in [-0.4, -0.2) is 21.9 Å². The summed E-state index contributed by atoms with van der Waals surface area (Å²) in [5.41, 5.74) is 10.9. The van der Waals surface area contributed by atoms with Gasteiger partial charge >= 0.3 is 0 Å². The summed E-state index contributed by atoms with van der Waals surface area (Å²) < 4.78 is 0. The van der Waals surface area contributed by atoms with Gasteiger partial charge in [0.1, 0.15) is 5.82 Å². The molecule has 2 aromatic heterocycles. The number of nitriles is 1. The van der Waals surface area contributed by atoms with Crippen molar-refractivity contribution < 1.29 is 4.79 Å². The Balaban J connectivity index is 1.69.